The van der Waals surface area contributed by atoms with Crippen molar-refractivity contribution in [1.82, 2.24) is 5.32 Å². The molecule has 0 spiro atoms. The SMILES string of the molecule is CC(=O)N[C@@H](C(=O)[C@H](OCc1ccccc1)[C@@H](COCc1ccccc1)OCc1ccccc1)[C@H](CN=[N+]=[N-])OCc1ccccc1. The van der Waals surface area contributed by atoms with Gasteiger partial charge in [0.05, 0.1) is 45.7 Å². The molecule has 10 nitrogen and oxygen atoms in total. The van der Waals surface area contributed by atoms with E-state index >= 15 is 0 Å². The fourth-order valence-corrected chi connectivity index (χ4v) is 4.89. The van der Waals surface area contributed by atoms with Crippen LogP contribution in [0.4, 0.5) is 0 Å². The van der Waals surface area contributed by atoms with Crippen LogP contribution in [0.5, 0.6) is 0 Å². The molecule has 0 aliphatic rings. The van der Waals surface area contributed by atoms with Gasteiger partial charge in [-0.25, -0.2) is 0 Å². The Labute approximate surface area is 275 Å². The zero-order chi connectivity index (χ0) is 33.1. The van der Waals surface area contributed by atoms with E-state index in [0.717, 1.165) is 22.3 Å². The second-order valence-corrected chi connectivity index (χ2v) is 10.9. The lowest BCUT2D eigenvalue weighted by atomic mass is 9.97. The molecule has 0 saturated heterocycles. The van der Waals surface area contributed by atoms with Crippen molar-refractivity contribution in [1.29, 1.82) is 0 Å². The molecule has 0 bridgehead atoms. The van der Waals surface area contributed by atoms with Crippen LogP contribution < -0.4 is 5.32 Å². The average Bonchev–Trinajstić information content (AvgIpc) is 3.11. The molecule has 4 aromatic rings. The second kappa shape index (κ2) is 19.6. The van der Waals surface area contributed by atoms with Crippen LogP contribution in [0.3, 0.4) is 0 Å². The maximum atomic E-state index is 14.6. The van der Waals surface area contributed by atoms with Crippen LogP contribution in [0.1, 0.15) is 29.2 Å². The van der Waals surface area contributed by atoms with E-state index in [1.807, 2.05) is 121 Å². The number of nitrogens with one attached hydrogen (secondary N) is 1. The summed E-state index contributed by atoms with van der Waals surface area (Å²) >= 11 is 0. The van der Waals surface area contributed by atoms with Crippen LogP contribution in [-0.4, -0.2) is 49.2 Å². The number of hydrogen-bond acceptors (Lipinski definition) is 7. The molecule has 47 heavy (non-hydrogen) atoms. The van der Waals surface area contributed by atoms with Gasteiger partial charge in [0.25, 0.3) is 0 Å². The predicted molar refractivity (Wildman–Crippen MR) is 178 cm³/mol. The Morgan fingerprint density at radius 2 is 1.09 bits per heavy atom. The van der Waals surface area contributed by atoms with Gasteiger partial charge >= 0.3 is 0 Å². The fourth-order valence-electron chi connectivity index (χ4n) is 4.89. The lowest BCUT2D eigenvalue weighted by Gasteiger charge is -2.32. The largest absolute Gasteiger partial charge is 0.374 e. The summed E-state index contributed by atoms with van der Waals surface area (Å²) in [5.74, 6) is -0.954. The lowest BCUT2D eigenvalue weighted by Crippen LogP contribution is -2.57. The molecule has 4 atom stereocenters. The molecule has 0 aromatic heterocycles. The Balaban J connectivity index is 1.65. The maximum absolute atomic E-state index is 14.6. The standard InChI is InChI=1S/C37H40N4O6/c1-28(42)40-35(33(22-39-41-38)45-24-30-16-8-3-9-17-30)36(43)37(47-26-32-20-12-5-13-21-32)34(46-25-31-18-10-4-11-19-31)27-44-23-29-14-6-2-7-15-29/h2-21,33-35,37H,22-27H2,1H3,(H,40,42)/t33-,34+,35+,37+/m0/s1. The number of Topliss-reactive ketones (excluding diaryl/α,β-unsaturated/α-hetero) is 1. The van der Waals surface area contributed by atoms with Gasteiger partial charge in [-0.15, -0.1) is 0 Å². The van der Waals surface area contributed by atoms with Gasteiger partial charge in [0, 0.05) is 11.8 Å². The molecule has 0 unspecified atom stereocenters. The van der Waals surface area contributed by atoms with Gasteiger partial charge < -0.3 is 24.3 Å². The Morgan fingerprint density at radius 1 is 0.660 bits per heavy atom. The van der Waals surface area contributed by atoms with Gasteiger partial charge in [0.2, 0.25) is 5.91 Å². The normalized spacial score (nSPS) is 13.5. The van der Waals surface area contributed by atoms with Crippen molar-refractivity contribution < 1.29 is 28.5 Å². The van der Waals surface area contributed by atoms with Crippen LogP contribution in [-0.2, 0) is 55.0 Å². The second-order valence-electron chi connectivity index (χ2n) is 10.9. The topological polar surface area (TPSA) is 132 Å². The van der Waals surface area contributed by atoms with Gasteiger partial charge in [-0.05, 0) is 27.8 Å². The first kappa shape index (κ1) is 35.0. The summed E-state index contributed by atoms with van der Waals surface area (Å²) < 4.78 is 25.0. The van der Waals surface area contributed by atoms with E-state index in [1.54, 1.807) is 0 Å². The van der Waals surface area contributed by atoms with Gasteiger partial charge in [-0.1, -0.05) is 126 Å². The first-order valence-electron chi connectivity index (χ1n) is 15.4. The van der Waals surface area contributed by atoms with Crippen LogP contribution in [0, 0.1) is 0 Å². The summed E-state index contributed by atoms with van der Waals surface area (Å²) in [6.45, 7) is 1.83. The number of ether oxygens (including phenoxy) is 4. The van der Waals surface area contributed by atoms with Crippen molar-refractivity contribution >= 4 is 11.7 Å². The van der Waals surface area contributed by atoms with Crippen LogP contribution in [0.25, 0.3) is 10.4 Å². The van der Waals surface area contributed by atoms with E-state index < -0.39 is 36.0 Å². The summed E-state index contributed by atoms with van der Waals surface area (Å²) in [7, 11) is 0. The number of carbonyl (C=O) groups is 2. The first-order chi connectivity index (χ1) is 23.0. The molecule has 1 N–H and O–H groups in total. The number of amides is 1. The number of carbonyl (C=O) groups excluding carboxylic acids is 2. The minimum Gasteiger partial charge on any atom is -0.374 e. The number of azide groups is 1. The lowest BCUT2D eigenvalue weighted by molar-refractivity contribution is -0.159. The van der Waals surface area contributed by atoms with Crippen molar-refractivity contribution in [2.24, 2.45) is 5.11 Å². The summed E-state index contributed by atoms with van der Waals surface area (Å²) in [4.78, 5) is 30.0. The Hall–Kier alpha value is -4.83. The fraction of sp³-hybridized carbons (Fsp3) is 0.297. The highest BCUT2D eigenvalue weighted by Crippen LogP contribution is 2.19. The molecular weight excluding hydrogens is 596 g/mol. The third kappa shape index (κ3) is 12.1. The van der Waals surface area contributed by atoms with Gasteiger partial charge in [-0.3, -0.25) is 9.59 Å². The highest BCUT2D eigenvalue weighted by molar-refractivity contribution is 5.92. The molecule has 4 aromatic carbocycles. The highest BCUT2D eigenvalue weighted by atomic mass is 16.6. The van der Waals surface area contributed by atoms with Crippen molar-refractivity contribution in [2.45, 2.75) is 57.7 Å². The Bertz CT molecular complexity index is 1540. The summed E-state index contributed by atoms with van der Waals surface area (Å²) in [5.41, 5.74) is 12.7. The van der Waals surface area contributed by atoms with Gasteiger partial charge in [0.1, 0.15) is 18.2 Å². The quantitative estimate of drug-likeness (QED) is 0.0684. The number of ketones is 1. The molecule has 1 amide bonds. The molecule has 244 valence electrons. The zero-order valence-corrected chi connectivity index (χ0v) is 26.4. The summed E-state index contributed by atoms with van der Waals surface area (Å²) in [6, 6.07) is 36.9. The predicted octanol–water partition coefficient (Wildman–Crippen LogP) is 6.34. The molecule has 0 aliphatic carbocycles. The molecule has 10 heteroatoms. The van der Waals surface area contributed by atoms with Gasteiger partial charge in [0.15, 0.2) is 5.78 Å². The smallest absolute Gasteiger partial charge is 0.217 e. The number of benzene rings is 4. The van der Waals surface area contributed by atoms with E-state index in [1.165, 1.54) is 6.92 Å². The molecule has 0 heterocycles. The number of hydrogen-bond donors (Lipinski definition) is 1. The maximum Gasteiger partial charge on any atom is 0.217 e. The third-order valence-electron chi connectivity index (χ3n) is 7.26. The van der Waals surface area contributed by atoms with Crippen LogP contribution >= 0.6 is 0 Å². The molecule has 0 fully saturated rings. The highest BCUT2D eigenvalue weighted by Gasteiger charge is 2.40. The first-order valence-corrected chi connectivity index (χ1v) is 15.4. The molecule has 0 radical (unpaired) electrons. The van der Waals surface area contributed by atoms with Crippen molar-refractivity contribution in [3.05, 3.63) is 154 Å². The molecular formula is C37H40N4O6. The Kier molecular flexibility index (Phi) is 14.6. The van der Waals surface area contributed by atoms with E-state index in [0.29, 0.717) is 6.61 Å². The Morgan fingerprint density at radius 3 is 1.53 bits per heavy atom. The molecule has 0 saturated carbocycles. The van der Waals surface area contributed by atoms with Crippen molar-refractivity contribution in [2.75, 3.05) is 13.2 Å². The molecule has 4 rings (SSSR count). The summed E-state index contributed by atoms with van der Waals surface area (Å²) in [6.07, 6.45) is -3.06. The number of rotatable bonds is 20. The van der Waals surface area contributed by atoms with Crippen molar-refractivity contribution in [3.8, 4) is 0 Å². The monoisotopic (exact) mass is 636 g/mol. The summed E-state index contributed by atoms with van der Waals surface area (Å²) in [5, 5.41) is 6.45. The average molecular weight is 637 g/mol. The minimum atomic E-state index is -1.22. The van der Waals surface area contributed by atoms with E-state index in [-0.39, 0.29) is 33.0 Å². The molecule has 0 aliphatic heterocycles. The minimum absolute atomic E-state index is 0.0194. The van der Waals surface area contributed by atoms with Crippen LogP contribution in [0.15, 0.2) is 126 Å². The van der Waals surface area contributed by atoms with Crippen LogP contribution in [0.2, 0.25) is 0 Å². The zero-order valence-electron chi connectivity index (χ0n) is 26.4. The number of nitrogens with zero attached hydrogens (tertiary/aromatic N) is 3. The van der Waals surface area contributed by atoms with Gasteiger partial charge in [-0.2, -0.15) is 0 Å². The van der Waals surface area contributed by atoms with E-state index in [4.69, 9.17) is 24.5 Å². The van der Waals surface area contributed by atoms with E-state index in [9.17, 15) is 9.59 Å². The van der Waals surface area contributed by atoms with E-state index in [2.05, 4.69) is 15.3 Å². The third-order valence-corrected chi connectivity index (χ3v) is 7.26. The van der Waals surface area contributed by atoms with Crippen molar-refractivity contribution in [3.63, 3.8) is 0 Å².